The molecule has 0 unspecified atom stereocenters. The highest BCUT2D eigenvalue weighted by Gasteiger charge is 2.12. The Hall–Kier alpha value is -1.00. The maximum atomic E-state index is 13.2. The van der Waals surface area contributed by atoms with Crippen LogP contribution in [0.25, 0.3) is 0 Å². The Kier molecular flexibility index (Phi) is 3.55. The molecular formula is C10H14F2N2. The minimum Gasteiger partial charge on any atom is -0.323 e. The van der Waals surface area contributed by atoms with E-state index in [1.54, 1.807) is 0 Å². The second-order valence-corrected chi connectivity index (χ2v) is 3.53. The van der Waals surface area contributed by atoms with Crippen molar-refractivity contribution in [2.24, 2.45) is 5.73 Å². The third-order valence-electron chi connectivity index (χ3n) is 1.92. The summed E-state index contributed by atoms with van der Waals surface area (Å²) in [6.45, 7) is 0.486. The summed E-state index contributed by atoms with van der Waals surface area (Å²) in [5, 5.41) is 0. The van der Waals surface area contributed by atoms with Crippen LogP contribution in [0.4, 0.5) is 8.78 Å². The van der Waals surface area contributed by atoms with E-state index >= 15 is 0 Å². The van der Waals surface area contributed by atoms with Crippen molar-refractivity contribution in [1.29, 1.82) is 0 Å². The zero-order chi connectivity index (χ0) is 10.7. The fourth-order valence-corrected chi connectivity index (χ4v) is 1.29. The Morgan fingerprint density at radius 3 is 2.57 bits per heavy atom. The Labute approximate surface area is 82.3 Å². The molecule has 0 heterocycles. The molecule has 1 aromatic carbocycles. The van der Waals surface area contributed by atoms with Gasteiger partial charge in [-0.1, -0.05) is 0 Å². The van der Waals surface area contributed by atoms with E-state index in [0.29, 0.717) is 6.54 Å². The van der Waals surface area contributed by atoms with Crippen LogP contribution in [0.1, 0.15) is 11.6 Å². The van der Waals surface area contributed by atoms with E-state index in [-0.39, 0.29) is 5.56 Å². The maximum absolute atomic E-state index is 13.2. The van der Waals surface area contributed by atoms with Crippen molar-refractivity contribution >= 4 is 0 Å². The highest BCUT2D eigenvalue weighted by atomic mass is 19.1. The monoisotopic (exact) mass is 200 g/mol. The molecule has 1 aromatic rings. The van der Waals surface area contributed by atoms with Crippen molar-refractivity contribution in [3.05, 3.63) is 35.4 Å². The lowest BCUT2D eigenvalue weighted by Crippen LogP contribution is -2.26. The molecule has 0 saturated carbocycles. The van der Waals surface area contributed by atoms with Gasteiger partial charge in [0.2, 0.25) is 0 Å². The first-order valence-corrected chi connectivity index (χ1v) is 4.36. The molecule has 0 fully saturated rings. The first kappa shape index (κ1) is 11.1. The van der Waals surface area contributed by atoms with Crippen LogP contribution in [0.2, 0.25) is 0 Å². The van der Waals surface area contributed by atoms with Gasteiger partial charge < -0.3 is 10.6 Å². The van der Waals surface area contributed by atoms with E-state index in [1.165, 1.54) is 0 Å². The van der Waals surface area contributed by atoms with Gasteiger partial charge in [0.15, 0.2) is 0 Å². The SMILES string of the molecule is CN(C)C[C@@H](N)c1cc(F)ccc1F. The fraction of sp³-hybridized carbons (Fsp3) is 0.400. The maximum Gasteiger partial charge on any atom is 0.128 e. The van der Waals surface area contributed by atoms with Crippen molar-refractivity contribution in [2.45, 2.75) is 6.04 Å². The van der Waals surface area contributed by atoms with Crippen LogP contribution in [-0.4, -0.2) is 25.5 Å². The fourth-order valence-electron chi connectivity index (χ4n) is 1.29. The molecule has 2 nitrogen and oxygen atoms in total. The second-order valence-electron chi connectivity index (χ2n) is 3.53. The highest BCUT2D eigenvalue weighted by molar-refractivity contribution is 5.22. The van der Waals surface area contributed by atoms with Gasteiger partial charge in [0.1, 0.15) is 11.6 Å². The summed E-state index contributed by atoms with van der Waals surface area (Å²) in [4.78, 5) is 1.83. The molecule has 0 amide bonds. The molecule has 0 aliphatic rings. The number of halogens is 2. The van der Waals surface area contributed by atoms with E-state index in [1.807, 2.05) is 19.0 Å². The molecule has 78 valence electrons. The minimum absolute atomic E-state index is 0.221. The quantitative estimate of drug-likeness (QED) is 0.801. The topological polar surface area (TPSA) is 29.3 Å². The van der Waals surface area contributed by atoms with Crippen LogP contribution < -0.4 is 5.73 Å². The molecule has 0 aromatic heterocycles. The van der Waals surface area contributed by atoms with Gasteiger partial charge in [0, 0.05) is 18.2 Å². The number of nitrogens with zero attached hydrogens (tertiary/aromatic N) is 1. The summed E-state index contributed by atoms with van der Waals surface area (Å²) < 4.78 is 26.0. The van der Waals surface area contributed by atoms with Crippen molar-refractivity contribution in [1.82, 2.24) is 4.90 Å². The molecule has 2 N–H and O–H groups in total. The molecule has 0 aliphatic carbocycles. The molecule has 0 saturated heterocycles. The predicted molar refractivity (Wildman–Crippen MR) is 51.8 cm³/mol. The lowest BCUT2D eigenvalue weighted by atomic mass is 10.1. The summed E-state index contributed by atoms with van der Waals surface area (Å²) in [5.41, 5.74) is 5.94. The third kappa shape index (κ3) is 2.75. The Balaban J connectivity index is 2.88. The molecule has 14 heavy (non-hydrogen) atoms. The minimum atomic E-state index is -0.499. The molecule has 1 atom stereocenters. The number of rotatable bonds is 3. The van der Waals surface area contributed by atoms with Gasteiger partial charge in [-0.05, 0) is 32.3 Å². The Morgan fingerprint density at radius 1 is 1.36 bits per heavy atom. The number of benzene rings is 1. The zero-order valence-corrected chi connectivity index (χ0v) is 8.30. The highest BCUT2D eigenvalue weighted by Crippen LogP contribution is 2.16. The second kappa shape index (κ2) is 4.48. The van der Waals surface area contributed by atoms with E-state index < -0.39 is 17.7 Å². The number of nitrogens with two attached hydrogens (primary N) is 1. The molecule has 1 rings (SSSR count). The molecule has 4 heteroatoms. The van der Waals surface area contributed by atoms with E-state index in [2.05, 4.69) is 0 Å². The summed E-state index contributed by atoms with van der Waals surface area (Å²) in [6.07, 6.45) is 0. The lowest BCUT2D eigenvalue weighted by Gasteiger charge is -2.17. The first-order valence-electron chi connectivity index (χ1n) is 4.36. The van der Waals surface area contributed by atoms with E-state index in [4.69, 9.17) is 5.73 Å². The third-order valence-corrected chi connectivity index (χ3v) is 1.92. The van der Waals surface area contributed by atoms with Gasteiger partial charge in [-0.25, -0.2) is 8.78 Å². The van der Waals surface area contributed by atoms with Crippen molar-refractivity contribution in [3.8, 4) is 0 Å². The van der Waals surface area contributed by atoms with Gasteiger partial charge in [-0.3, -0.25) is 0 Å². The predicted octanol–water partition coefficient (Wildman–Crippen LogP) is 1.53. The summed E-state index contributed by atoms with van der Waals surface area (Å²) in [7, 11) is 3.66. The molecule has 0 radical (unpaired) electrons. The number of likely N-dealkylation sites (N-methyl/N-ethyl adjacent to an activating group) is 1. The number of hydrogen-bond donors (Lipinski definition) is 1. The van der Waals surface area contributed by atoms with Crippen LogP contribution in [0.5, 0.6) is 0 Å². The first-order chi connectivity index (χ1) is 6.50. The summed E-state index contributed by atoms with van der Waals surface area (Å²) >= 11 is 0. The van der Waals surface area contributed by atoms with Crippen LogP contribution in [0.15, 0.2) is 18.2 Å². The Morgan fingerprint density at radius 2 is 2.00 bits per heavy atom. The van der Waals surface area contributed by atoms with Crippen LogP contribution in [0.3, 0.4) is 0 Å². The zero-order valence-electron chi connectivity index (χ0n) is 8.30. The Bertz CT molecular complexity index is 313. The van der Waals surface area contributed by atoms with Gasteiger partial charge in [0.25, 0.3) is 0 Å². The van der Waals surface area contributed by atoms with Crippen LogP contribution in [0, 0.1) is 11.6 Å². The average Bonchev–Trinajstić information content (AvgIpc) is 2.08. The lowest BCUT2D eigenvalue weighted by molar-refractivity contribution is 0.371. The standard InChI is InChI=1S/C10H14F2N2/c1-14(2)6-10(13)8-5-7(11)3-4-9(8)12/h3-5,10H,6,13H2,1-2H3/t10-/m1/s1. The molecule has 0 bridgehead atoms. The molecule has 0 aliphatic heterocycles. The summed E-state index contributed by atoms with van der Waals surface area (Å²) in [5.74, 6) is -0.920. The van der Waals surface area contributed by atoms with E-state index in [0.717, 1.165) is 18.2 Å². The molecular weight excluding hydrogens is 186 g/mol. The van der Waals surface area contributed by atoms with Gasteiger partial charge >= 0.3 is 0 Å². The van der Waals surface area contributed by atoms with E-state index in [9.17, 15) is 8.78 Å². The van der Waals surface area contributed by atoms with Crippen LogP contribution >= 0.6 is 0 Å². The van der Waals surface area contributed by atoms with Gasteiger partial charge in [-0.2, -0.15) is 0 Å². The largest absolute Gasteiger partial charge is 0.323 e. The van der Waals surface area contributed by atoms with Crippen LogP contribution in [-0.2, 0) is 0 Å². The van der Waals surface area contributed by atoms with Crippen molar-refractivity contribution < 1.29 is 8.78 Å². The summed E-state index contributed by atoms with van der Waals surface area (Å²) in [6, 6.07) is 2.82. The van der Waals surface area contributed by atoms with Gasteiger partial charge in [-0.15, -0.1) is 0 Å². The normalized spacial score (nSPS) is 13.3. The average molecular weight is 200 g/mol. The molecule has 0 spiro atoms. The van der Waals surface area contributed by atoms with Gasteiger partial charge in [0.05, 0.1) is 0 Å². The number of hydrogen-bond acceptors (Lipinski definition) is 2. The van der Waals surface area contributed by atoms with Crippen molar-refractivity contribution in [2.75, 3.05) is 20.6 Å². The van der Waals surface area contributed by atoms with Crippen molar-refractivity contribution in [3.63, 3.8) is 0 Å². The smallest absolute Gasteiger partial charge is 0.128 e.